The van der Waals surface area contributed by atoms with Crippen molar-refractivity contribution >= 4 is 5.97 Å². The second-order valence-corrected chi connectivity index (χ2v) is 5.15. The third-order valence-electron chi connectivity index (χ3n) is 3.78. The molecule has 1 aliphatic carbocycles. The van der Waals surface area contributed by atoms with Gasteiger partial charge in [-0.05, 0) is 44.6 Å². The lowest BCUT2D eigenvalue weighted by molar-refractivity contribution is -0.144. The monoisotopic (exact) mass is 263 g/mol. The highest BCUT2D eigenvalue weighted by molar-refractivity contribution is 5.69. The summed E-state index contributed by atoms with van der Waals surface area (Å²) < 4.78 is 4.99. The summed E-state index contributed by atoms with van der Waals surface area (Å²) in [5, 5.41) is 9.40. The molecule has 0 bridgehead atoms. The fourth-order valence-corrected chi connectivity index (χ4v) is 2.78. The third kappa shape index (κ3) is 3.94. The summed E-state index contributed by atoms with van der Waals surface area (Å²) >= 11 is 0. The van der Waals surface area contributed by atoms with Crippen LogP contribution in [-0.2, 0) is 9.53 Å². The number of ether oxygens (including phenoxy) is 1. The van der Waals surface area contributed by atoms with E-state index < -0.39 is 0 Å². The first-order valence-electron chi connectivity index (χ1n) is 7.00. The Labute approximate surface area is 113 Å². The lowest BCUT2D eigenvalue weighted by Gasteiger charge is -2.27. The molecule has 1 N–H and O–H groups in total. The predicted molar refractivity (Wildman–Crippen MR) is 71.9 cm³/mol. The molecule has 0 saturated heterocycles. The average Bonchev–Trinajstić information content (AvgIpc) is 2.40. The van der Waals surface area contributed by atoms with Crippen LogP contribution in [0.4, 0.5) is 0 Å². The van der Waals surface area contributed by atoms with Crippen molar-refractivity contribution in [2.45, 2.75) is 44.9 Å². The smallest absolute Gasteiger partial charge is 0.306 e. The molecule has 1 aromatic heterocycles. The molecule has 1 aromatic rings. The maximum Gasteiger partial charge on any atom is 0.306 e. The largest absolute Gasteiger partial charge is 0.493 e. The maximum absolute atomic E-state index is 11.4. The zero-order valence-electron chi connectivity index (χ0n) is 11.3. The van der Waals surface area contributed by atoms with Gasteiger partial charge in [0, 0.05) is 24.1 Å². The summed E-state index contributed by atoms with van der Waals surface area (Å²) in [7, 11) is 0. The van der Waals surface area contributed by atoms with Crippen LogP contribution in [0.3, 0.4) is 0 Å². The molecule has 0 atom stereocenters. The number of hydrogen-bond acceptors (Lipinski definition) is 4. The summed E-state index contributed by atoms with van der Waals surface area (Å²) in [6.07, 6.45) is 4.65. The number of pyridine rings is 1. The first-order valence-corrected chi connectivity index (χ1v) is 7.00. The fourth-order valence-electron chi connectivity index (χ4n) is 2.78. The summed E-state index contributed by atoms with van der Waals surface area (Å²) in [5.41, 5.74) is 0.967. The molecule has 4 heteroatoms. The van der Waals surface area contributed by atoms with Crippen LogP contribution >= 0.6 is 0 Å². The standard InChI is InChI=1S/C15H21NO3/c1-2-19-15(18)10-11-6-8-12(9-7-11)13-4-3-5-14(17)16-13/h3-5,11-12H,2,6-10H2,1H3,(H,16,17)/t11-,12+. The number of hydrogen-bond donors (Lipinski definition) is 1. The molecule has 0 aliphatic heterocycles. The van der Waals surface area contributed by atoms with E-state index in [1.807, 2.05) is 19.1 Å². The molecule has 19 heavy (non-hydrogen) atoms. The lowest BCUT2D eigenvalue weighted by Crippen LogP contribution is -2.18. The van der Waals surface area contributed by atoms with Crippen LogP contribution in [0.15, 0.2) is 18.2 Å². The molecule has 1 heterocycles. The molecular formula is C15H21NO3. The van der Waals surface area contributed by atoms with Gasteiger partial charge in [0.05, 0.1) is 6.61 Å². The van der Waals surface area contributed by atoms with Crippen molar-refractivity contribution in [3.63, 3.8) is 0 Å². The molecule has 1 fully saturated rings. The third-order valence-corrected chi connectivity index (χ3v) is 3.78. The van der Waals surface area contributed by atoms with Crippen LogP contribution in [0, 0.1) is 5.92 Å². The SMILES string of the molecule is CCOC(=O)C[C@H]1CC[C@@H](c2cccc(O)n2)CC1. The van der Waals surface area contributed by atoms with Gasteiger partial charge in [0.2, 0.25) is 5.88 Å². The van der Waals surface area contributed by atoms with Crippen LogP contribution in [0.1, 0.15) is 50.6 Å². The lowest BCUT2D eigenvalue weighted by atomic mass is 9.79. The van der Waals surface area contributed by atoms with Crippen molar-refractivity contribution in [3.05, 3.63) is 23.9 Å². The van der Waals surface area contributed by atoms with Gasteiger partial charge in [-0.25, -0.2) is 4.98 Å². The van der Waals surface area contributed by atoms with E-state index in [1.54, 1.807) is 6.07 Å². The number of carbonyl (C=O) groups excluding carboxylic acids is 1. The van der Waals surface area contributed by atoms with Crippen molar-refractivity contribution in [2.24, 2.45) is 5.92 Å². The Morgan fingerprint density at radius 1 is 1.37 bits per heavy atom. The second-order valence-electron chi connectivity index (χ2n) is 5.15. The van der Waals surface area contributed by atoms with Crippen LogP contribution in [-0.4, -0.2) is 22.7 Å². The number of nitrogens with zero attached hydrogens (tertiary/aromatic N) is 1. The number of esters is 1. The highest BCUT2D eigenvalue weighted by Crippen LogP contribution is 2.36. The number of aromatic hydroxyl groups is 1. The van der Waals surface area contributed by atoms with Gasteiger partial charge >= 0.3 is 5.97 Å². The minimum Gasteiger partial charge on any atom is -0.493 e. The van der Waals surface area contributed by atoms with Gasteiger partial charge < -0.3 is 9.84 Å². The Hall–Kier alpha value is -1.58. The van der Waals surface area contributed by atoms with Gasteiger partial charge in [-0.15, -0.1) is 0 Å². The minimum absolute atomic E-state index is 0.0820. The van der Waals surface area contributed by atoms with Gasteiger partial charge in [-0.3, -0.25) is 4.79 Å². The van der Waals surface area contributed by atoms with Crippen molar-refractivity contribution in [1.82, 2.24) is 4.98 Å². The average molecular weight is 263 g/mol. The Morgan fingerprint density at radius 3 is 2.74 bits per heavy atom. The number of rotatable bonds is 4. The van der Waals surface area contributed by atoms with E-state index in [0.717, 1.165) is 31.4 Å². The highest BCUT2D eigenvalue weighted by Gasteiger charge is 2.25. The van der Waals surface area contributed by atoms with Crippen LogP contribution in [0.5, 0.6) is 5.88 Å². The normalized spacial score (nSPS) is 23.0. The molecule has 0 radical (unpaired) electrons. The van der Waals surface area contributed by atoms with Gasteiger partial charge in [0.25, 0.3) is 0 Å². The Kier molecular flexibility index (Phi) is 4.77. The predicted octanol–water partition coefficient (Wildman–Crippen LogP) is 3.01. The molecule has 0 amide bonds. The molecular weight excluding hydrogens is 242 g/mol. The van der Waals surface area contributed by atoms with Crippen molar-refractivity contribution in [1.29, 1.82) is 0 Å². The first-order chi connectivity index (χ1) is 9.19. The van der Waals surface area contributed by atoms with E-state index >= 15 is 0 Å². The van der Waals surface area contributed by atoms with Crippen molar-refractivity contribution in [2.75, 3.05) is 6.61 Å². The number of carbonyl (C=O) groups is 1. The van der Waals surface area contributed by atoms with Crippen molar-refractivity contribution < 1.29 is 14.6 Å². The van der Waals surface area contributed by atoms with Gasteiger partial charge in [0.1, 0.15) is 0 Å². The topological polar surface area (TPSA) is 59.4 Å². The quantitative estimate of drug-likeness (QED) is 0.848. The van der Waals surface area contributed by atoms with E-state index in [2.05, 4.69) is 4.98 Å². The molecule has 2 rings (SSSR count). The summed E-state index contributed by atoms with van der Waals surface area (Å²) in [6, 6.07) is 5.40. The Bertz CT molecular complexity index is 425. The molecule has 104 valence electrons. The highest BCUT2D eigenvalue weighted by atomic mass is 16.5. The van der Waals surface area contributed by atoms with Gasteiger partial charge in [-0.2, -0.15) is 0 Å². The van der Waals surface area contributed by atoms with Crippen LogP contribution < -0.4 is 0 Å². The summed E-state index contributed by atoms with van der Waals surface area (Å²) in [5.74, 6) is 0.853. The zero-order valence-corrected chi connectivity index (χ0v) is 11.3. The Morgan fingerprint density at radius 2 is 2.11 bits per heavy atom. The van der Waals surface area contributed by atoms with E-state index in [0.29, 0.717) is 24.9 Å². The van der Waals surface area contributed by atoms with E-state index in [4.69, 9.17) is 4.74 Å². The van der Waals surface area contributed by atoms with Crippen LogP contribution in [0.25, 0.3) is 0 Å². The first kappa shape index (κ1) is 13.8. The van der Waals surface area contributed by atoms with Crippen molar-refractivity contribution in [3.8, 4) is 5.88 Å². The molecule has 0 aromatic carbocycles. The fraction of sp³-hybridized carbons (Fsp3) is 0.600. The molecule has 1 saturated carbocycles. The molecule has 0 spiro atoms. The van der Waals surface area contributed by atoms with E-state index in [1.165, 1.54) is 0 Å². The Balaban J connectivity index is 1.84. The maximum atomic E-state index is 11.4. The van der Waals surface area contributed by atoms with Gasteiger partial charge in [-0.1, -0.05) is 6.07 Å². The van der Waals surface area contributed by atoms with Gasteiger partial charge in [0.15, 0.2) is 0 Å². The zero-order chi connectivity index (χ0) is 13.7. The molecule has 1 aliphatic rings. The summed E-state index contributed by atoms with van der Waals surface area (Å²) in [4.78, 5) is 15.6. The van der Waals surface area contributed by atoms with Crippen LogP contribution in [0.2, 0.25) is 0 Å². The molecule has 4 nitrogen and oxygen atoms in total. The summed E-state index contributed by atoms with van der Waals surface area (Å²) in [6.45, 7) is 2.30. The number of aromatic nitrogens is 1. The van der Waals surface area contributed by atoms with E-state index in [-0.39, 0.29) is 11.8 Å². The molecule has 0 unspecified atom stereocenters. The second kappa shape index (κ2) is 6.55. The van der Waals surface area contributed by atoms with E-state index in [9.17, 15) is 9.90 Å². The minimum atomic E-state index is -0.0820.